The summed E-state index contributed by atoms with van der Waals surface area (Å²) in [6, 6.07) is 11.7. The maximum Gasteiger partial charge on any atom is 0.243 e. The van der Waals surface area contributed by atoms with E-state index >= 15 is 0 Å². The Labute approximate surface area is 235 Å². The van der Waals surface area contributed by atoms with E-state index in [9.17, 15) is 18.0 Å². The van der Waals surface area contributed by atoms with E-state index in [0.717, 1.165) is 37.5 Å². The Morgan fingerprint density at radius 2 is 1.77 bits per heavy atom. The van der Waals surface area contributed by atoms with Gasteiger partial charge in [-0.15, -0.1) is 0 Å². The van der Waals surface area contributed by atoms with Crippen LogP contribution in [-0.2, 0) is 26.2 Å². The summed E-state index contributed by atoms with van der Waals surface area (Å²) in [5.41, 5.74) is 1.30. The number of benzene rings is 2. The van der Waals surface area contributed by atoms with Crippen molar-refractivity contribution in [1.82, 2.24) is 10.2 Å². The fraction of sp³-hybridized carbons (Fsp3) is 0.500. The second-order valence-electron chi connectivity index (χ2n) is 10.0. The third-order valence-electron chi connectivity index (χ3n) is 7.15. The van der Waals surface area contributed by atoms with Crippen molar-refractivity contribution in [3.63, 3.8) is 0 Å². The summed E-state index contributed by atoms with van der Waals surface area (Å²) < 4.78 is 37.2. The third-order valence-corrected chi connectivity index (χ3v) is 8.60. The second-order valence-corrected chi connectivity index (χ2v) is 12.4. The number of hydrogen-bond donors (Lipinski definition) is 1. The number of carbonyl (C=O) groups excluding carboxylic acids is 2. The average Bonchev–Trinajstić information content (AvgIpc) is 3.58. The molecule has 2 aliphatic rings. The summed E-state index contributed by atoms with van der Waals surface area (Å²) in [4.78, 5) is 28.5. The number of sulfonamides is 1. The molecule has 1 saturated carbocycles. The highest BCUT2D eigenvalue weighted by atomic mass is 35.5. The van der Waals surface area contributed by atoms with Crippen LogP contribution < -0.4 is 19.1 Å². The van der Waals surface area contributed by atoms with Crippen LogP contribution >= 0.6 is 11.6 Å². The largest absolute Gasteiger partial charge is 0.454 e. The minimum atomic E-state index is -3.62. The monoisotopic (exact) mass is 577 g/mol. The van der Waals surface area contributed by atoms with Crippen LogP contribution in [0.4, 0.5) is 5.69 Å². The van der Waals surface area contributed by atoms with Gasteiger partial charge in [-0.2, -0.15) is 0 Å². The maximum atomic E-state index is 13.6. The fourth-order valence-electron chi connectivity index (χ4n) is 5.12. The standard InChI is InChI=1S/C28H36ClN3O6S/c1-3-24(28(34)30-22-7-4-5-8-22)31(18-20-10-12-21(29)13-11-20)27(33)9-6-16-32(39(2,35)36)23-14-15-25-26(17-23)38-19-37-25/h10-15,17,22,24H,3-9,16,18-19H2,1-2H3,(H,30,34)/t24-/m1/s1. The lowest BCUT2D eigenvalue weighted by atomic mass is 10.1. The number of halogens is 1. The number of hydrogen-bond acceptors (Lipinski definition) is 6. The number of carbonyl (C=O) groups is 2. The smallest absolute Gasteiger partial charge is 0.243 e. The van der Waals surface area contributed by atoms with E-state index in [-0.39, 0.29) is 50.6 Å². The van der Waals surface area contributed by atoms with Crippen molar-refractivity contribution in [2.45, 2.75) is 70.5 Å². The summed E-state index contributed by atoms with van der Waals surface area (Å²) in [6.45, 7) is 2.34. The van der Waals surface area contributed by atoms with Crippen LogP contribution in [0.5, 0.6) is 11.5 Å². The summed E-state index contributed by atoms with van der Waals surface area (Å²) in [5, 5.41) is 3.72. The Morgan fingerprint density at radius 3 is 2.44 bits per heavy atom. The van der Waals surface area contributed by atoms with Gasteiger partial charge in [-0.3, -0.25) is 13.9 Å². The van der Waals surface area contributed by atoms with Gasteiger partial charge >= 0.3 is 0 Å². The van der Waals surface area contributed by atoms with E-state index in [1.165, 1.54) is 4.31 Å². The molecule has 1 fully saturated rings. The van der Waals surface area contributed by atoms with Gasteiger partial charge in [-0.1, -0.05) is 43.5 Å². The van der Waals surface area contributed by atoms with Crippen molar-refractivity contribution in [3.8, 4) is 11.5 Å². The number of amides is 2. The molecule has 2 amide bonds. The molecule has 0 unspecified atom stereocenters. The van der Waals surface area contributed by atoms with Gasteiger partial charge in [-0.25, -0.2) is 8.42 Å². The molecule has 2 aromatic rings. The van der Waals surface area contributed by atoms with Crippen LogP contribution in [0.25, 0.3) is 0 Å². The minimum Gasteiger partial charge on any atom is -0.454 e. The van der Waals surface area contributed by atoms with Crippen LogP contribution in [0.2, 0.25) is 5.02 Å². The highest BCUT2D eigenvalue weighted by Gasteiger charge is 2.31. The molecule has 1 aliphatic heterocycles. The second kappa shape index (κ2) is 12.9. The Morgan fingerprint density at radius 1 is 1.08 bits per heavy atom. The normalized spacial score (nSPS) is 15.7. The quantitative estimate of drug-likeness (QED) is 0.399. The lowest BCUT2D eigenvalue weighted by Gasteiger charge is -2.32. The van der Waals surface area contributed by atoms with Crippen LogP contribution in [-0.4, -0.2) is 56.8 Å². The van der Waals surface area contributed by atoms with Crippen LogP contribution in [0.3, 0.4) is 0 Å². The van der Waals surface area contributed by atoms with Gasteiger partial charge in [0.1, 0.15) is 6.04 Å². The highest BCUT2D eigenvalue weighted by Crippen LogP contribution is 2.36. The van der Waals surface area contributed by atoms with Crippen LogP contribution in [0.15, 0.2) is 42.5 Å². The fourth-order valence-corrected chi connectivity index (χ4v) is 6.20. The van der Waals surface area contributed by atoms with Gasteiger partial charge in [0, 0.05) is 36.6 Å². The molecule has 212 valence electrons. The van der Waals surface area contributed by atoms with Gasteiger partial charge in [-0.05, 0) is 55.5 Å². The first-order valence-corrected chi connectivity index (χ1v) is 15.6. The average molecular weight is 578 g/mol. The first-order chi connectivity index (χ1) is 18.7. The van der Waals surface area contributed by atoms with Gasteiger partial charge in [0.2, 0.25) is 28.6 Å². The molecule has 0 spiro atoms. The first kappa shape index (κ1) is 29.0. The van der Waals surface area contributed by atoms with Crippen molar-refractivity contribution < 1.29 is 27.5 Å². The number of rotatable bonds is 12. The highest BCUT2D eigenvalue weighted by molar-refractivity contribution is 7.92. The molecule has 1 aliphatic carbocycles. The van der Waals surface area contributed by atoms with E-state index in [1.807, 2.05) is 19.1 Å². The molecule has 1 atom stereocenters. The Balaban J connectivity index is 1.47. The molecular formula is C28H36ClN3O6S. The summed E-state index contributed by atoms with van der Waals surface area (Å²) in [6.07, 6.45) is 6.04. The van der Waals surface area contributed by atoms with E-state index in [1.54, 1.807) is 35.2 Å². The molecule has 4 rings (SSSR count). The zero-order valence-corrected chi connectivity index (χ0v) is 24.0. The molecule has 1 N–H and O–H groups in total. The Kier molecular flexibility index (Phi) is 9.61. The predicted molar refractivity (Wildman–Crippen MR) is 150 cm³/mol. The molecular weight excluding hydrogens is 542 g/mol. The molecule has 0 saturated heterocycles. The minimum absolute atomic E-state index is 0.0807. The van der Waals surface area contributed by atoms with Crippen LogP contribution in [0, 0.1) is 0 Å². The van der Waals surface area contributed by atoms with Crippen LogP contribution in [0.1, 0.15) is 57.4 Å². The summed E-state index contributed by atoms with van der Waals surface area (Å²) in [5.74, 6) is 0.675. The van der Waals surface area contributed by atoms with Gasteiger partial charge in [0.15, 0.2) is 11.5 Å². The zero-order valence-electron chi connectivity index (χ0n) is 22.4. The van der Waals surface area contributed by atoms with E-state index in [2.05, 4.69) is 5.32 Å². The molecule has 2 aromatic carbocycles. The molecule has 0 radical (unpaired) electrons. The summed E-state index contributed by atoms with van der Waals surface area (Å²) in [7, 11) is -3.62. The lowest BCUT2D eigenvalue weighted by molar-refractivity contribution is -0.141. The zero-order chi connectivity index (χ0) is 28.0. The molecule has 11 heteroatoms. The molecule has 0 bridgehead atoms. The van der Waals surface area contributed by atoms with E-state index < -0.39 is 16.1 Å². The molecule has 39 heavy (non-hydrogen) atoms. The van der Waals surface area contributed by atoms with E-state index in [4.69, 9.17) is 21.1 Å². The number of ether oxygens (including phenoxy) is 2. The Hall–Kier alpha value is -2.98. The predicted octanol–water partition coefficient (Wildman–Crippen LogP) is 4.48. The van der Waals surface area contributed by atoms with Crippen molar-refractivity contribution in [2.75, 3.05) is 23.9 Å². The summed E-state index contributed by atoms with van der Waals surface area (Å²) >= 11 is 6.05. The Bertz CT molecular complexity index is 1260. The lowest BCUT2D eigenvalue weighted by Crippen LogP contribution is -2.51. The van der Waals surface area contributed by atoms with Gasteiger partial charge < -0.3 is 19.7 Å². The van der Waals surface area contributed by atoms with Gasteiger partial charge in [0.05, 0.1) is 11.9 Å². The molecule has 9 nitrogen and oxygen atoms in total. The number of fused-ring (bicyclic) bond motifs is 1. The molecule has 0 aromatic heterocycles. The van der Waals surface area contributed by atoms with E-state index in [0.29, 0.717) is 28.6 Å². The third kappa shape index (κ3) is 7.57. The van der Waals surface area contributed by atoms with Crippen molar-refractivity contribution >= 4 is 39.1 Å². The molecule has 1 heterocycles. The SMILES string of the molecule is CC[C@H](C(=O)NC1CCCC1)N(Cc1ccc(Cl)cc1)C(=O)CCCN(c1ccc2c(c1)OCO2)S(C)(=O)=O. The van der Waals surface area contributed by atoms with Gasteiger partial charge in [0.25, 0.3) is 0 Å². The maximum absolute atomic E-state index is 13.6. The number of nitrogens with one attached hydrogen (secondary N) is 1. The first-order valence-electron chi connectivity index (χ1n) is 13.4. The topological polar surface area (TPSA) is 105 Å². The van der Waals surface area contributed by atoms with Crippen molar-refractivity contribution in [1.29, 1.82) is 0 Å². The van der Waals surface area contributed by atoms with Crippen molar-refractivity contribution in [2.24, 2.45) is 0 Å². The number of anilines is 1. The number of nitrogens with zero attached hydrogens (tertiary/aromatic N) is 2. The van der Waals surface area contributed by atoms with Crippen molar-refractivity contribution in [3.05, 3.63) is 53.1 Å².